The molecule has 0 radical (unpaired) electrons. The van der Waals surface area contributed by atoms with Crippen LogP contribution < -0.4 is 4.90 Å². The Morgan fingerprint density at radius 3 is 1.67 bits per heavy atom. The SMILES string of the molecule is c1ccc(N(c2ccc3c4ccccc4n(-c4ccccc4)c3c2)c2ccccc2-c2ccc3cc(-c4ccc5ccccc5c4)ccc3c2)cc1. The molecule has 0 aliphatic rings. The summed E-state index contributed by atoms with van der Waals surface area (Å²) in [5.41, 5.74) is 11.7. The summed E-state index contributed by atoms with van der Waals surface area (Å²) in [5.74, 6) is 0. The summed E-state index contributed by atoms with van der Waals surface area (Å²) in [6.07, 6.45) is 0. The van der Waals surface area contributed by atoms with Crippen LogP contribution in [-0.2, 0) is 0 Å². The fourth-order valence-corrected chi connectivity index (χ4v) is 7.83. The van der Waals surface area contributed by atoms with E-state index < -0.39 is 0 Å². The van der Waals surface area contributed by atoms with Crippen molar-refractivity contribution in [3.63, 3.8) is 0 Å². The summed E-state index contributed by atoms with van der Waals surface area (Å²) in [4.78, 5) is 2.40. The lowest BCUT2D eigenvalue weighted by Crippen LogP contribution is -2.11. The molecule has 0 atom stereocenters. The Balaban J connectivity index is 1.11. The van der Waals surface area contributed by atoms with Crippen LogP contribution in [0.5, 0.6) is 0 Å². The van der Waals surface area contributed by atoms with E-state index in [2.05, 4.69) is 216 Å². The van der Waals surface area contributed by atoms with Crippen LogP contribution in [0.2, 0.25) is 0 Å². The number of para-hydroxylation sites is 4. The molecule has 10 aromatic rings. The monoisotopic (exact) mass is 662 g/mol. The Kier molecular flexibility index (Phi) is 7.18. The second kappa shape index (κ2) is 12.5. The van der Waals surface area contributed by atoms with E-state index in [1.165, 1.54) is 65.6 Å². The zero-order valence-electron chi connectivity index (χ0n) is 28.5. The molecule has 0 unspecified atom stereocenters. The quantitative estimate of drug-likeness (QED) is 0.172. The highest BCUT2D eigenvalue weighted by Crippen LogP contribution is 2.43. The van der Waals surface area contributed by atoms with Crippen LogP contribution in [0.25, 0.3) is 71.3 Å². The predicted molar refractivity (Wildman–Crippen MR) is 221 cm³/mol. The standard InChI is InChI=1S/C50H34N2/c1-3-15-42(16-4-1)51(44-29-30-47-46-20-10-12-22-49(46)52(50(47)34-44)43-17-5-2-6-18-43)48-21-11-9-19-45(48)41-28-27-39-32-38(25-26-40(39)33-41)37-24-23-35-13-7-8-14-36(35)31-37/h1-34H. The highest BCUT2D eigenvalue weighted by molar-refractivity contribution is 6.10. The van der Waals surface area contributed by atoms with Crippen molar-refractivity contribution in [3.05, 3.63) is 206 Å². The number of anilines is 3. The predicted octanol–water partition coefficient (Wildman–Crippen LogP) is 13.9. The van der Waals surface area contributed by atoms with Gasteiger partial charge in [0.15, 0.2) is 0 Å². The first-order valence-electron chi connectivity index (χ1n) is 17.8. The number of hydrogen-bond acceptors (Lipinski definition) is 1. The molecule has 52 heavy (non-hydrogen) atoms. The Bertz CT molecular complexity index is 2900. The fraction of sp³-hybridized carbons (Fsp3) is 0. The van der Waals surface area contributed by atoms with E-state index in [1.807, 2.05) is 0 Å². The number of nitrogens with zero attached hydrogens (tertiary/aromatic N) is 2. The van der Waals surface area contributed by atoms with Crippen molar-refractivity contribution in [2.24, 2.45) is 0 Å². The van der Waals surface area contributed by atoms with Crippen molar-refractivity contribution in [1.29, 1.82) is 0 Å². The van der Waals surface area contributed by atoms with Crippen molar-refractivity contribution in [2.45, 2.75) is 0 Å². The molecule has 1 aromatic heterocycles. The van der Waals surface area contributed by atoms with E-state index in [0.29, 0.717) is 0 Å². The van der Waals surface area contributed by atoms with Gasteiger partial charge in [-0.15, -0.1) is 0 Å². The number of benzene rings is 9. The minimum absolute atomic E-state index is 1.10. The molecular formula is C50H34N2. The summed E-state index contributed by atoms with van der Waals surface area (Å²) in [5, 5.41) is 7.46. The average molecular weight is 663 g/mol. The molecule has 0 saturated carbocycles. The molecule has 1 heterocycles. The molecule has 2 nitrogen and oxygen atoms in total. The van der Waals surface area contributed by atoms with Crippen LogP contribution in [0.4, 0.5) is 17.1 Å². The Morgan fingerprint density at radius 2 is 0.885 bits per heavy atom. The normalized spacial score (nSPS) is 11.5. The molecule has 0 spiro atoms. The zero-order valence-corrected chi connectivity index (χ0v) is 28.5. The van der Waals surface area contributed by atoms with Gasteiger partial charge < -0.3 is 9.47 Å². The topological polar surface area (TPSA) is 8.17 Å². The Morgan fingerprint density at radius 1 is 0.327 bits per heavy atom. The Hall–Kier alpha value is -6.90. The van der Waals surface area contributed by atoms with E-state index in [4.69, 9.17) is 0 Å². The number of aromatic nitrogens is 1. The second-order valence-corrected chi connectivity index (χ2v) is 13.4. The summed E-state index contributed by atoms with van der Waals surface area (Å²) in [6, 6.07) is 74.7. The molecule has 0 aliphatic heterocycles. The molecule has 0 aliphatic carbocycles. The smallest absolute Gasteiger partial charge is 0.0561 e. The molecule has 10 rings (SSSR count). The lowest BCUT2D eigenvalue weighted by molar-refractivity contribution is 1.18. The van der Waals surface area contributed by atoms with Gasteiger partial charge >= 0.3 is 0 Å². The van der Waals surface area contributed by atoms with Crippen molar-refractivity contribution < 1.29 is 0 Å². The van der Waals surface area contributed by atoms with Crippen LogP contribution in [0, 0.1) is 0 Å². The maximum absolute atomic E-state index is 2.40. The molecule has 9 aromatic carbocycles. The molecule has 2 heteroatoms. The van der Waals surface area contributed by atoms with Gasteiger partial charge in [-0.2, -0.15) is 0 Å². The zero-order chi connectivity index (χ0) is 34.4. The molecule has 0 N–H and O–H groups in total. The van der Waals surface area contributed by atoms with E-state index in [1.54, 1.807) is 0 Å². The van der Waals surface area contributed by atoms with Crippen LogP contribution in [0.1, 0.15) is 0 Å². The minimum atomic E-state index is 1.10. The Labute approximate surface area is 303 Å². The molecule has 0 saturated heterocycles. The number of hydrogen-bond donors (Lipinski definition) is 0. The van der Waals surface area contributed by atoms with Crippen LogP contribution in [0.3, 0.4) is 0 Å². The lowest BCUT2D eigenvalue weighted by Gasteiger charge is -2.28. The maximum atomic E-state index is 2.40. The van der Waals surface area contributed by atoms with Gasteiger partial charge in [0.1, 0.15) is 0 Å². The molecule has 0 fully saturated rings. The highest BCUT2D eigenvalue weighted by atomic mass is 15.1. The molecular weight excluding hydrogens is 629 g/mol. The minimum Gasteiger partial charge on any atom is -0.310 e. The van der Waals surface area contributed by atoms with Crippen LogP contribution >= 0.6 is 0 Å². The van der Waals surface area contributed by atoms with Gasteiger partial charge in [0.05, 0.1) is 16.7 Å². The number of fused-ring (bicyclic) bond motifs is 5. The molecule has 244 valence electrons. The third-order valence-electron chi connectivity index (χ3n) is 10.3. The van der Waals surface area contributed by atoms with Gasteiger partial charge in [-0.3, -0.25) is 0 Å². The van der Waals surface area contributed by atoms with Gasteiger partial charge in [0.2, 0.25) is 0 Å². The van der Waals surface area contributed by atoms with Gasteiger partial charge in [-0.05, 0) is 105 Å². The van der Waals surface area contributed by atoms with E-state index in [0.717, 1.165) is 22.7 Å². The highest BCUT2D eigenvalue weighted by Gasteiger charge is 2.20. The van der Waals surface area contributed by atoms with Gasteiger partial charge in [0.25, 0.3) is 0 Å². The summed E-state index contributed by atoms with van der Waals surface area (Å²) < 4.78 is 2.39. The lowest BCUT2D eigenvalue weighted by atomic mass is 9.95. The van der Waals surface area contributed by atoms with E-state index in [9.17, 15) is 0 Å². The van der Waals surface area contributed by atoms with Crippen molar-refractivity contribution in [2.75, 3.05) is 4.90 Å². The third-order valence-corrected chi connectivity index (χ3v) is 10.3. The average Bonchev–Trinajstić information content (AvgIpc) is 3.55. The van der Waals surface area contributed by atoms with Gasteiger partial charge in [-0.1, -0.05) is 140 Å². The van der Waals surface area contributed by atoms with Crippen LogP contribution in [-0.4, -0.2) is 4.57 Å². The molecule has 0 bridgehead atoms. The summed E-state index contributed by atoms with van der Waals surface area (Å²) in [6.45, 7) is 0. The maximum Gasteiger partial charge on any atom is 0.0561 e. The van der Waals surface area contributed by atoms with Gasteiger partial charge in [0, 0.05) is 33.4 Å². The van der Waals surface area contributed by atoms with E-state index in [-0.39, 0.29) is 0 Å². The van der Waals surface area contributed by atoms with Crippen molar-refractivity contribution in [1.82, 2.24) is 4.57 Å². The van der Waals surface area contributed by atoms with Gasteiger partial charge in [-0.25, -0.2) is 0 Å². The summed E-state index contributed by atoms with van der Waals surface area (Å²) >= 11 is 0. The summed E-state index contributed by atoms with van der Waals surface area (Å²) in [7, 11) is 0. The van der Waals surface area contributed by atoms with E-state index >= 15 is 0 Å². The fourth-order valence-electron chi connectivity index (χ4n) is 7.83. The molecule has 0 amide bonds. The van der Waals surface area contributed by atoms with Crippen molar-refractivity contribution >= 4 is 60.4 Å². The first-order valence-corrected chi connectivity index (χ1v) is 17.8. The van der Waals surface area contributed by atoms with Crippen LogP contribution in [0.15, 0.2) is 206 Å². The van der Waals surface area contributed by atoms with Crippen molar-refractivity contribution in [3.8, 4) is 27.9 Å². The second-order valence-electron chi connectivity index (χ2n) is 13.4. The number of rotatable bonds is 6. The largest absolute Gasteiger partial charge is 0.310 e. The first-order chi connectivity index (χ1) is 25.8. The third kappa shape index (κ3) is 5.12. The first kappa shape index (κ1) is 30.0.